The lowest BCUT2D eigenvalue weighted by Crippen LogP contribution is -2.50. The van der Waals surface area contributed by atoms with Crippen molar-refractivity contribution in [2.75, 3.05) is 17.2 Å². The molecule has 0 N–H and O–H groups in total. The van der Waals surface area contributed by atoms with Crippen LogP contribution in [-0.4, -0.2) is 29.0 Å². The maximum absolute atomic E-state index is 14.4. The van der Waals surface area contributed by atoms with Gasteiger partial charge in [0, 0.05) is 17.9 Å². The smallest absolute Gasteiger partial charge is 0.268 e. The molecule has 3 aromatic rings. The maximum atomic E-state index is 14.4. The molecule has 7 heteroatoms. The molecule has 0 aliphatic carbocycles. The normalized spacial score (nSPS) is 19.7. The Bertz CT molecular complexity index is 1230. The second-order valence-corrected chi connectivity index (χ2v) is 9.26. The number of amides is 2. The fraction of sp³-hybridized carbons (Fsp3) is 0.200. The number of carbonyl (C=O) groups excluding carboxylic acids is 2. The minimum absolute atomic E-state index is 0.0478. The largest absolute Gasteiger partial charge is 0.311 e. The number of hydrogen-bond acceptors (Lipinski definition) is 3. The van der Waals surface area contributed by atoms with Gasteiger partial charge >= 0.3 is 0 Å². The van der Waals surface area contributed by atoms with Gasteiger partial charge in [0.2, 0.25) is 0 Å². The van der Waals surface area contributed by atoms with Crippen molar-refractivity contribution in [1.29, 1.82) is 0 Å². The molecule has 0 radical (unpaired) electrons. The van der Waals surface area contributed by atoms with Crippen LogP contribution in [0.1, 0.15) is 27.0 Å². The summed E-state index contributed by atoms with van der Waals surface area (Å²) >= 11 is 1.40. The van der Waals surface area contributed by atoms with E-state index in [1.54, 1.807) is 23.1 Å². The highest BCUT2D eigenvalue weighted by atomic mass is 32.2. The third-order valence-corrected chi connectivity index (χ3v) is 7.37. The fourth-order valence-electron chi connectivity index (χ4n) is 4.44. The SMILES string of the molecule is Cc1ccc2c(c1)[C@]1(SCCN1C(=O)c1ccccc1F)C(=O)N2Cc1ccc(F)cc1. The number of carbonyl (C=O) groups is 2. The Hall–Kier alpha value is -3.19. The summed E-state index contributed by atoms with van der Waals surface area (Å²) in [5.74, 6) is -1.14. The third-order valence-electron chi connectivity index (χ3n) is 5.95. The van der Waals surface area contributed by atoms with Crippen LogP contribution in [0.2, 0.25) is 0 Å². The van der Waals surface area contributed by atoms with E-state index >= 15 is 0 Å². The van der Waals surface area contributed by atoms with Crippen LogP contribution in [0, 0.1) is 18.6 Å². The minimum Gasteiger partial charge on any atom is -0.311 e. The minimum atomic E-state index is -1.25. The van der Waals surface area contributed by atoms with Crippen LogP contribution in [0.4, 0.5) is 14.5 Å². The van der Waals surface area contributed by atoms with Gasteiger partial charge in [0.25, 0.3) is 11.8 Å². The summed E-state index contributed by atoms with van der Waals surface area (Å²) in [7, 11) is 0. The number of nitrogens with zero attached hydrogens (tertiary/aromatic N) is 2. The molecule has 3 aromatic carbocycles. The first kappa shape index (κ1) is 20.7. The molecule has 1 fully saturated rings. The van der Waals surface area contributed by atoms with Gasteiger partial charge in [0.1, 0.15) is 11.6 Å². The topological polar surface area (TPSA) is 40.6 Å². The summed E-state index contributed by atoms with van der Waals surface area (Å²) in [5.41, 5.74) is 3.14. The van der Waals surface area contributed by atoms with E-state index in [1.165, 1.54) is 47.0 Å². The molecule has 1 atom stereocenters. The molecule has 4 nitrogen and oxygen atoms in total. The van der Waals surface area contributed by atoms with Crippen LogP contribution in [0.5, 0.6) is 0 Å². The van der Waals surface area contributed by atoms with Gasteiger partial charge in [-0.1, -0.05) is 42.0 Å². The number of hydrogen-bond donors (Lipinski definition) is 0. The highest BCUT2D eigenvalue weighted by Gasteiger charge is 2.59. The molecule has 32 heavy (non-hydrogen) atoms. The Labute approximate surface area is 188 Å². The quantitative estimate of drug-likeness (QED) is 0.572. The number of thioether (sulfide) groups is 1. The first-order valence-electron chi connectivity index (χ1n) is 10.3. The third kappa shape index (κ3) is 3.11. The predicted molar refractivity (Wildman–Crippen MR) is 120 cm³/mol. The molecule has 162 valence electrons. The fourth-order valence-corrected chi connectivity index (χ4v) is 5.89. The highest BCUT2D eigenvalue weighted by molar-refractivity contribution is 8.01. The van der Waals surface area contributed by atoms with E-state index in [0.717, 1.165) is 16.7 Å². The second-order valence-electron chi connectivity index (χ2n) is 7.97. The van der Waals surface area contributed by atoms with Crippen molar-refractivity contribution in [2.45, 2.75) is 18.3 Å². The second kappa shape index (κ2) is 7.74. The van der Waals surface area contributed by atoms with E-state index in [2.05, 4.69) is 0 Å². The van der Waals surface area contributed by atoms with Gasteiger partial charge in [0.15, 0.2) is 4.87 Å². The average Bonchev–Trinajstić information content (AvgIpc) is 3.32. The molecule has 0 unspecified atom stereocenters. The van der Waals surface area contributed by atoms with E-state index < -0.39 is 16.6 Å². The Morgan fingerprint density at radius 2 is 1.81 bits per heavy atom. The maximum Gasteiger partial charge on any atom is 0.268 e. The molecule has 0 saturated carbocycles. The molecule has 1 saturated heterocycles. The lowest BCUT2D eigenvalue weighted by molar-refractivity contribution is -0.123. The van der Waals surface area contributed by atoms with Crippen LogP contribution in [0.15, 0.2) is 66.7 Å². The Kier molecular flexibility index (Phi) is 5.01. The molecule has 2 heterocycles. The van der Waals surface area contributed by atoms with Gasteiger partial charge in [0.05, 0.1) is 17.8 Å². The zero-order valence-corrected chi connectivity index (χ0v) is 18.2. The van der Waals surface area contributed by atoms with Gasteiger partial charge in [-0.15, -0.1) is 11.8 Å². The van der Waals surface area contributed by atoms with Crippen molar-refractivity contribution < 1.29 is 18.4 Å². The Morgan fingerprint density at radius 1 is 1.06 bits per heavy atom. The predicted octanol–water partition coefficient (Wildman–Crippen LogP) is 4.86. The van der Waals surface area contributed by atoms with Gasteiger partial charge in [-0.3, -0.25) is 9.59 Å². The summed E-state index contributed by atoms with van der Waals surface area (Å²) in [6, 6.07) is 17.6. The number of anilines is 1. The zero-order valence-electron chi connectivity index (χ0n) is 17.3. The first-order valence-corrected chi connectivity index (χ1v) is 11.3. The van der Waals surface area contributed by atoms with Crippen molar-refractivity contribution in [2.24, 2.45) is 0 Å². The van der Waals surface area contributed by atoms with Crippen LogP contribution in [0.3, 0.4) is 0 Å². The summed E-state index contributed by atoms with van der Waals surface area (Å²) < 4.78 is 27.8. The summed E-state index contributed by atoms with van der Waals surface area (Å²) in [6.45, 7) is 2.52. The van der Waals surface area contributed by atoms with Crippen LogP contribution in [-0.2, 0) is 16.2 Å². The van der Waals surface area contributed by atoms with Gasteiger partial charge in [-0.25, -0.2) is 8.78 Å². The van der Waals surface area contributed by atoms with Gasteiger partial charge < -0.3 is 9.80 Å². The molecule has 2 aliphatic heterocycles. The lowest BCUT2D eigenvalue weighted by atomic mass is 10.0. The molecule has 1 spiro atoms. The van der Waals surface area contributed by atoms with Crippen molar-refractivity contribution in [3.63, 3.8) is 0 Å². The van der Waals surface area contributed by atoms with Crippen molar-refractivity contribution in [1.82, 2.24) is 4.90 Å². The van der Waals surface area contributed by atoms with E-state index in [-0.39, 0.29) is 23.8 Å². The van der Waals surface area contributed by atoms with E-state index in [4.69, 9.17) is 0 Å². The average molecular weight is 451 g/mol. The number of halogens is 2. The molecule has 0 bridgehead atoms. The van der Waals surface area contributed by atoms with E-state index in [9.17, 15) is 18.4 Å². The molecular formula is C25H20F2N2O2S. The van der Waals surface area contributed by atoms with Gasteiger partial charge in [-0.05, 0) is 42.8 Å². The number of rotatable bonds is 3. The molecule has 5 rings (SSSR count). The van der Waals surface area contributed by atoms with Gasteiger partial charge in [-0.2, -0.15) is 0 Å². The molecule has 2 aliphatic rings. The van der Waals surface area contributed by atoms with Crippen LogP contribution in [0.25, 0.3) is 0 Å². The van der Waals surface area contributed by atoms with Crippen LogP contribution < -0.4 is 4.90 Å². The number of aryl methyl sites for hydroxylation is 1. The zero-order chi connectivity index (χ0) is 22.5. The molecule has 2 amide bonds. The summed E-state index contributed by atoms with van der Waals surface area (Å²) in [6.07, 6.45) is 0. The Morgan fingerprint density at radius 3 is 2.56 bits per heavy atom. The van der Waals surface area contributed by atoms with Crippen molar-refractivity contribution >= 4 is 29.3 Å². The first-order chi connectivity index (χ1) is 15.4. The standard InChI is InChI=1S/C25H20F2N2O2S/c1-16-6-11-22-20(14-16)25(24(31)28(22)15-17-7-9-18(26)10-8-17)29(12-13-32-25)23(30)19-4-2-3-5-21(19)27/h2-11,14H,12-13,15H2,1H3/t25-/m0/s1. The van der Waals surface area contributed by atoms with Crippen molar-refractivity contribution in [3.8, 4) is 0 Å². The van der Waals surface area contributed by atoms with Crippen molar-refractivity contribution in [3.05, 3.63) is 101 Å². The molecular weight excluding hydrogens is 430 g/mol. The summed E-state index contributed by atoms with van der Waals surface area (Å²) in [5, 5.41) is 0. The number of fused-ring (bicyclic) bond motifs is 2. The Balaban J connectivity index is 1.60. The van der Waals surface area contributed by atoms with E-state index in [1.807, 2.05) is 25.1 Å². The monoisotopic (exact) mass is 450 g/mol. The highest BCUT2D eigenvalue weighted by Crippen LogP contribution is 2.55. The lowest BCUT2D eigenvalue weighted by Gasteiger charge is -2.33. The van der Waals surface area contributed by atoms with Crippen LogP contribution >= 0.6 is 11.8 Å². The van der Waals surface area contributed by atoms with E-state index in [0.29, 0.717) is 18.0 Å². The molecule has 0 aromatic heterocycles. The number of benzene rings is 3. The summed E-state index contributed by atoms with van der Waals surface area (Å²) in [4.78, 5) is 29.3.